The Balaban J connectivity index is 2.10. The number of carbonyl (C=O) groups is 2. The van der Waals surface area contributed by atoms with E-state index in [1.807, 2.05) is 20.8 Å². The molecule has 0 unspecified atom stereocenters. The summed E-state index contributed by atoms with van der Waals surface area (Å²) in [5.74, 6) is -0.378. The molecule has 0 spiro atoms. The minimum absolute atomic E-state index is 0.144. The van der Waals surface area contributed by atoms with E-state index in [0.717, 1.165) is 21.7 Å². The molecule has 1 aromatic heterocycles. The quantitative estimate of drug-likeness (QED) is 0.722. The van der Waals surface area contributed by atoms with E-state index in [-0.39, 0.29) is 22.9 Å². The van der Waals surface area contributed by atoms with Crippen molar-refractivity contribution >= 4 is 40.1 Å². The van der Waals surface area contributed by atoms with Crippen molar-refractivity contribution in [3.63, 3.8) is 0 Å². The average molecular weight is 394 g/mol. The first-order valence-electron chi connectivity index (χ1n) is 8.26. The molecule has 1 heterocycles. The lowest BCUT2D eigenvalue weighted by Crippen LogP contribution is -2.25. The highest BCUT2D eigenvalue weighted by Gasteiger charge is 2.21. The number of hydrogen-bond donors (Lipinski definition) is 1. The first kappa shape index (κ1) is 20.4. The number of nitrogens with one attached hydrogen (secondary N) is 1. The highest BCUT2D eigenvalue weighted by molar-refractivity contribution is 8.01. The number of benzene rings is 1. The number of amides is 1. The van der Waals surface area contributed by atoms with E-state index in [4.69, 9.17) is 0 Å². The van der Waals surface area contributed by atoms with Gasteiger partial charge in [0.05, 0.1) is 18.1 Å². The smallest absolute Gasteiger partial charge is 0.315 e. The molecule has 1 N–H and O–H groups in total. The summed E-state index contributed by atoms with van der Waals surface area (Å²) in [6.07, 6.45) is 0.606. The molecule has 0 aliphatic rings. The number of ether oxygens (including phenoxy) is 1. The van der Waals surface area contributed by atoms with Gasteiger partial charge in [-0.05, 0) is 38.3 Å². The van der Waals surface area contributed by atoms with E-state index in [1.165, 1.54) is 35.8 Å². The zero-order valence-corrected chi connectivity index (χ0v) is 17.2. The van der Waals surface area contributed by atoms with Gasteiger partial charge in [-0.25, -0.2) is 0 Å². The van der Waals surface area contributed by atoms with Crippen LogP contribution in [-0.2, 0) is 14.3 Å². The first-order chi connectivity index (χ1) is 12.3. The van der Waals surface area contributed by atoms with Crippen molar-refractivity contribution in [2.24, 2.45) is 0 Å². The number of thioether (sulfide) groups is 1. The SMILES string of the molecule is CC[C@@H](SCC(=O)OC)C(=O)Nc1nnc(-c2c(C)cc(C)cc2C)s1. The van der Waals surface area contributed by atoms with Crippen molar-refractivity contribution in [1.82, 2.24) is 10.2 Å². The molecule has 1 atom stereocenters. The lowest BCUT2D eigenvalue weighted by atomic mass is 10.0. The van der Waals surface area contributed by atoms with Crippen LogP contribution in [0, 0.1) is 20.8 Å². The van der Waals surface area contributed by atoms with Crippen LogP contribution in [0.25, 0.3) is 10.6 Å². The van der Waals surface area contributed by atoms with Gasteiger partial charge in [-0.3, -0.25) is 14.9 Å². The summed E-state index contributed by atoms with van der Waals surface area (Å²) in [4.78, 5) is 23.7. The molecule has 0 bridgehead atoms. The van der Waals surface area contributed by atoms with Gasteiger partial charge in [0.15, 0.2) is 0 Å². The number of methoxy groups -OCH3 is 1. The summed E-state index contributed by atoms with van der Waals surface area (Å²) in [7, 11) is 1.34. The van der Waals surface area contributed by atoms with Crippen LogP contribution in [-0.4, -0.2) is 40.2 Å². The van der Waals surface area contributed by atoms with E-state index in [9.17, 15) is 9.59 Å². The first-order valence-corrected chi connectivity index (χ1v) is 10.1. The molecule has 0 aliphatic carbocycles. The molecule has 0 fully saturated rings. The monoisotopic (exact) mass is 393 g/mol. The molecule has 1 aromatic carbocycles. The van der Waals surface area contributed by atoms with Crippen LogP contribution in [0.15, 0.2) is 12.1 Å². The van der Waals surface area contributed by atoms with Crippen molar-refractivity contribution in [3.8, 4) is 10.6 Å². The Labute approximate surface area is 161 Å². The number of aromatic nitrogens is 2. The second-order valence-corrected chi connectivity index (χ2v) is 8.13. The van der Waals surface area contributed by atoms with Crippen LogP contribution in [0.3, 0.4) is 0 Å². The highest BCUT2D eigenvalue weighted by atomic mass is 32.2. The Morgan fingerprint density at radius 2 is 1.88 bits per heavy atom. The maximum Gasteiger partial charge on any atom is 0.315 e. The molecular formula is C18H23N3O3S2. The van der Waals surface area contributed by atoms with Gasteiger partial charge < -0.3 is 4.74 Å². The third-order valence-electron chi connectivity index (χ3n) is 3.84. The number of hydrogen-bond acceptors (Lipinski definition) is 7. The van der Waals surface area contributed by atoms with E-state index < -0.39 is 0 Å². The van der Waals surface area contributed by atoms with Gasteiger partial charge in [0.2, 0.25) is 11.0 Å². The molecule has 0 saturated heterocycles. The average Bonchev–Trinajstić information content (AvgIpc) is 3.02. The second-order valence-electron chi connectivity index (χ2n) is 5.96. The maximum atomic E-state index is 12.4. The summed E-state index contributed by atoms with van der Waals surface area (Å²) >= 11 is 2.61. The van der Waals surface area contributed by atoms with Crippen molar-refractivity contribution < 1.29 is 14.3 Å². The minimum atomic E-state index is -0.343. The Kier molecular flexibility index (Phi) is 7.16. The van der Waals surface area contributed by atoms with E-state index in [1.54, 1.807) is 0 Å². The van der Waals surface area contributed by atoms with E-state index in [0.29, 0.717) is 11.6 Å². The van der Waals surface area contributed by atoms with Crippen LogP contribution in [0.5, 0.6) is 0 Å². The van der Waals surface area contributed by atoms with Crippen LogP contribution in [0.4, 0.5) is 5.13 Å². The van der Waals surface area contributed by atoms with Crippen LogP contribution in [0.2, 0.25) is 0 Å². The Hall–Kier alpha value is -1.93. The Bertz CT molecular complexity index is 782. The normalized spacial score (nSPS) is 11.9. The van der Waals surface area contributed by atoms with Crippen LogP contribution in [0.1, 0.15) is 30.0 Å². The lowest BCUT2D eigenvalue weighted by molar-refractivity contribution is -0.137. The molecule has 1 amide bonds. The van der Waals surface area contributed by atoms with Crippen molar-refractivity contribution in [3.05, 3.63) is 28.8 Å². The van der Waals surface area contributed by atoms with Crippen LogP contribution >= 0.6 is 23.1 Å². The largest absolute Gasteiger partial charge is 0.468 e. The predicted octanol–water partition coefficient (Wildman–Crippen LogP) is 3.75. The third-order valence-corrected chi connectivity index (χ3v) is 6.05. The summed E-state index contributed by atoms with van der Waals surface area (Å²) in [6, 6.07) is 4.22. The summed E-state index contributed by atoms with van der Waals surface area (Å²) in [5.41, 5.74) is 4.53. The Morgan fingerprint density at radius 3 is 2.46 bits per heavy atom. The number of rotatable bonds is 7. The van der Waals surface area contributed by atoms with Crippen molar-refractivity contribution in [1.29, 1.82) is 0 Å². The number of carbonyl (C=O) groups excluding carboxylic acids is 2. The number of anilines is 1. The number of esters is 1. The lowest BCUT2D eigenvalue weighted by Gasteiger charge is -2.12. The third kappa shape index (κ3) is 5.04. The van der Waals surface area contributed by atoms with Crippen LogP contribution < -0.4 is 5.32 Å². The molecule has 140 valence electrons. The molecule has 8 heteroatoms. The second kappa shape index (κ2) is 9.14. The fourth-order valence-electron chi connectivity index (χ4n) is 2.68. The Morgan fingerprint density at radius 1 is 1.23 bits per heavy atom. The molecule has 0 saturated carbocycles. The fourth-order valence-corrected chi connectivity index (χ4v) is 4.51. The fraction of sp³-hybridized carbons (Fsp3) is 0.444. The zero-order valence-electron chi connectivity index (χ0n) is 15.6. The van der Waals surface area contributed by atoms with Gasteiger partial charge in [-0.1, -0.05) is 36.0 Å². The van der Waals surface area contributed by atoms with E-state index >= 15 is 0 Å². The molecule has 26 heavy (non-hydrogen) atoms. The van der Waals surface area contributed by atoms with Gasteiger partial charge in [0, 0.05) is 5.56 Å². The molecular weight excluding hydrogens is 370 g/mol. The van der Waals surface area contributed by atoms with E-state index in [2.05, 4.69) is 39.3 Å². The zero-order chi connectivity index (χ0) is 19.3. The summed E-state index contributed by atoms with van der Waals surface area (Å²) < 4.78 is 4.61. The van der Waals surface area contributed by atoms with Crippen molar-refractivity contribution in [2.75, 3.05) is 18.2 Å². The van der Waals surface area contributed by atoms with Gasteiger partial charge in [0.25, 0.3) is 0 Å². The van der Waals surface area contributed by atoms with Gasteiger partial charge in [0.1, 0.15) is 5.01 Å². The molecule has 6 nitrogen and oxygen atoms in total. The maximum absolute atomic E-state index is 12.4. The standard InChI is InChI=1S/C18H23N3O3S2/c1-6-13(25-9-14(22)24-5)16(23)19-18-21-20-17(26-18)15-11(3)7-10(2)8-12(15)4/h7-8,13H,6,9H2,1-5H3,(H,19,21,23)/t13-/m1/s1. The summed E-state index contributed by atoms with van der Waals surface area (Å²) in [5, 5.41) is 12.0. The van der Waals surface area contributed by atoms with Gasteiger partial charge in [-0.15, -0.1) is 22.0 Å². The van der Waals surface area contributed by atoms with Crippen molar-refractivity contribution in [2.45, 2.75) is 39.4 Å². The molecule has 0 aliphatic heterocycles. The molecule has 0 radical (unpaired) electrons. The predicted molar refractivity (Wildman–Crippen MR) is 107 cm³/mol. The van der Waals surface area contributed by atoms with Gasteiger partial charge >= 0.3 is 5.97 Å². The van der Waals surface area contributed by atoms with Gasteiger partial charge in [-0.2, -0.15) is 0 Å². The number of aryl methyl sites for hydroxylation is 3. The molecule has 2 rings (SSSR count). The topological polar surface area (TPSA) is 81.2 Å². The highest BCUT2D eigenvalue weighted by Crippen LogP contribution is 2.32. The minimum Gasteiger partial charge on any atom is -0.468 e. The number of nitrogens with zero attached hydrogens (tertiary/aromatic N) is 2. The molecule has 2 aromatic rings. The summed E-state index contributed by atoms with van der Waals surface area (Å²) in [6.45, 7) is 8.06.